The van der Waals surface area contributed by atoms with Crippen LogP contribution in [0.3, 0.4) is 0 Å². The van der Waals surface area contributed by atoms with Crippen molar-refractivity contribution in [2.75, 3.05) is 4.90 Å². The molecule has 164 valence electrons. The smallest absolute Gasteiger partial charge is 0.288 e. The normalized spacial score (nSPS) is 18.0. The molecule has 3 aromatic rings. The van der Waals surface area contributed by atoms with E-state index in [9.17, 15) is 20.2 Å². The van der Waals surface area contributed by atoms with Crippen LogP contribution in [0.1, 0.15) is 41.6 Å². The molecule has 0 radical (unpaired) electrons. The average molecular weight is 472 g/mol. The second kappa shape index (κ2) is 8.76. The Morgan fingerprint density at radius 1 is 0.781 bits per heavy atom. The van der Waals surface area contributed by atoms with Crippen molar-refractivity contribution in [2.45, 2.75) is 31.8 Å². The van der Waals surface area contributed by atoms with Gasteiger partial charge in [0.25, 0.3) is 11.4 Å². The van der Waals surface area contributed by atoms with Crippen LogP contribution < -0.4 is 4.90 Å². The molecule has 1 aliphatic heterocycles. The van der Waals surface area contributed by atoms with Gasteiger partial charge in [-0.3, -0.25) is 20.2 Å². The summed E-state index contributed by atoms with van der Waals surface area (Å²) in [6, 6.07) is 17.4. The molecule has 1 fully saturated rings. The second-order valence-electron chi connectivity index (χ2n) is 7.79. The number of rotatable bonds is 5. The maximum atomic E-state index is 11.4. The van der Waals surface area contributed by atoms with Crippen molar-refractivity contribution in [1.29, 1.82) is 0 Å². The second-order valence-corrected chi connectivity index (χ2v) is 8.60. The summed E-state index contributed by atoms with van der Waals surface area (Å²) in [7, 11) is 0. The number of hydrogen-bond donors (Lipinski definition) is 0. The molecular weight excluding hydrogens is 453 g/mol. The first-order chi connectivity index (χ1) is 15.3. The number of halogens is 2. The Morgan fingerprint density at radius 3 is 1.62 bits per heavy atom. The molecule has 0 bridgehead atoms. The summed E-state index contributed by atoms with van der Waals surface area (Å²) < 4.78 is 0. The molecule has 0 saturated carbocycles. The molecule has 0 aromatic heterocycles. The highest BCUT2D eigenvalue weighted by Gasteiger charge is 2.37. The van der Waals surface area contributed by atoms with Gasteiger partial charge in [0.05, 0.1) is 21.9 Å². The molecule has 2 atom stereocenters. The summed E-state index contributed by atoms with van der Waals surface area (Å²) >= 11 is 12.0. The van der Waals surface area contributed by atoms with E-state index in [-0.39, 0.29) is 33.5 Å². The van der Waals surface area contributed by atoms with Gasteiger partial charge in [0.15, 0.2) is 0 Å². The molecular formula is C23H19Cl2N3O4. The van der Waals surface area contributed by atoms with Crippen LogP contribution in [0.25, 0.3) is 0 Å². The van der Waals surface area contributed by atoms with Gasteiger partial charge >= 0.3 is 0 Å². The van der Waals surface area contributed by atoms with Crippen molar-refractivity contribution in [3.05, 3.63) is 108 Å². The van der Waals surface area contributed by atoms with Gasteiger partial charge in [-0.25, -0.2) is 0 Å². The molecule has 32 heavy (non-hydrogen) atoms. The predicted octanol–water partition coefficient (Wildman–Crippen LogP) is 7.20. The van der Waals surface area contributed by atoms with E-state index < -0.39 is 9.85 Å². The fourth-order valence-electron chi connectivity index (χ4n) is 4.30. The topological polar surface area (TPSA) is 89.5 Å². The minimum absolute atomic E-state index is 0.0866. The molecule has 0 N–H and O–H groups in total. The zero-order valence-corrected chi connectivity index (χ0v) is 18.6. The zero-order chi connectivity index (χ0) is 23.0. The quantitative estimate of drug-likeness (QED) is 0.289. The molecule has 7 nitrogen and oxygen atoms in total. The van der Waals surface area contributed by atoms with Crippen molar-refractivity contribution in [2.24, 2.45) is 0 Å². The number of nitro benzene ring substituents is 2. The number of benzene rings is 3. The van der Waals surface area contributed by atoms with E-state index in [2.05, 4.69) is 4.90 Å². The van der Waals surface area contributed by atoms with Gasteiger partial charge in [0, 0.05) is 17.8 Å². The Bertz CT molecular complexity index is 1130. The van der Waals surface area contributed by atoms with Crippen LogP contribution in [0.4, 0.5) is 17.1 Å². The van der Waals surface area contributed by atoms with Gasteiger partial charge in [-0.1, -0.05) is 53.0 Å². The van der Waals surface area contributed by atoms with Crippen LogP contribution in [0.5, 0.6) is 0 Å². The summed E-state index contributed by atoms with van der Waals surface area (Å²) in [6.07, 6.45) is 1.43. The molecule has 4 rings (SSSR count). The number of hydrogen-bond acceptors (Lipinski definition) is 5. The van der Waals surface area contributed by atoms with Crippen LogP contribution in [0, 0.1) is 27.2 Å². The molecule has 1 saturated heterocycles. The largest absolute Gasteiger partial charge is 0.357 e. The summed E-state index contributed by atoms with van der Waals surface area (Å²) in [4.78, 5) is 24.0. The van der Waals surface area contributed by atoms with E-state index >= 15 is 0 Å². The van der Waals surface area contributed by atoms with Crippen molar-refractivity contribution in [3.8, 4) is 0 Å². The first-order valence-corrected chi connectivity index (χ1v) is 10.7. The summed E-state index contributed by atoms with van der Waals surface area (Å²) in [5.41, 5.74) is 3.29. The van der Waals surface area contributed by atoms with E-state index in [4.69, 9.17) is 23.2 Å². The van der Waals surface area contributed by atoms with Crippen molar-refractivity contribution in [3.63, 3.8) is 0 Å². The highest BCUT2D eigenvalue weighted by Crippen LogP contribution is 2.48. The molecule has 0 aliphatic carbocycles. The van der Waals surface area contributed by atoms with Gasteiger partial charge in [0.1, 0.15) is 10.0 Å². The van der Waals surface area contributed by atoms with Crippen molar-refractivity contribution >= 4 is 40.3 Å². The number of nitro groups is 2. The van der Waals surface area contributed by atoms with Crippen LogP contribution in [0.2, 0.25) is 10.0 Å². The summed E-state index contributed by atoms with van der Waals surface area (Å²) in [6.45, 7) is 1.99. The molecule has 1 unspecified atom stereocenters. The predicted molar refractivity (Wildman–Crippen MR) is 125 cm³/mol. The van der Waals surface area contributed by atoms with E-state index in [1.54, 1.807) is 24.3 Å². The van der Waals surface area contributed by atoms with Gasteiger partial charge < -0.3 is 4.90 Å². The Hall–Kier alpha value is -3.16. The van der Waals surface area contributed by atoms with Gasteiger partial charge in [-0.15, -0.1) is 0 Å². The summed E-state index contributed by atoms with van der Waals surface area (Å²) in [5, 5.41) is 23.0. The van der Waals surface area contributed by atoms with E-state index in [1.165, 1.54) is 12.1 Å². The van der Waals surface area contributed by atoms with Crippen LogP contribution >= 0.6 is 23.2 Å². The number of aryl methyl sites for hydroxylation is 1. The fourth-order valence-corrected chi connectivity index (χ4v) is 4.67. The molecule has 0 amide bonds. The van der Waals surface area contributed by atoms with Gasteiger partial charge in [-0.05, 0) is 55.2 Å². The van der Waals surface area contributed by atoms with Crippen LogP contribution in [-0.2, 0) is 0 Å². The van der Waals surface area contributed by atoms with Crippen LogP contribution in [0.15, 0.2) is 60.7 Å². The Kier molecular flexibility index (Phi) is 6.04. The maximum Gasteiger partial charge on any atom is 0.288 e. The molecule has 3 aromatic carbocycles. The third-order valence-corrected chi connectivity index (χ3v) is 6.46. The minimum atomic E-state index is -0.489. The lowest BCUT2D eigenvalue weighted by atomic mass is 10.0. The molecule has 1 aliphatic rings. The monoisotopic (exact) mass is 471 g/mol. The Morgan fingerprint density at radius 2 is 1.22 bits per heavy atom. The Balaban J connectivity index is 1.82. The minimum Gasteiger partial charge on any atom is -0.357 e. The lowest BCUT2D eigenvalue weighted by Gasteiger charge is -2.33. The number of anilines is 1. The van der Waals surface area contributed by atoms with E-state index in [1.807, 2.05) is 31.2 Å². The highest BCUT2D eigenvalue weighted by molar-refractivity contribution is 6.33. The SMILES string of the molecule is Cc1ccc(N2C(c3ccc(Cl)c([N+](=O)[O-])c3)CC[C@@H]2c2ccc(Cl)c([N+](=O)[O-])c2)cc1. The average Bonchev–Trinajstić information content (AvgIpc) is 3.19. The third-order valence-electron chi connectivity index (χ3n) is 5.82. The van der Waals surface area contributed by atoms with Gasteiger partial charge in [-0.2, -0.15) is 0 Å². The third kappa shape index (κ3) is 4.13. The Labute approximate surface area is 194 Å². The zero-order valence-electron chi connectivity index (χ0n) is 17.1. The molecule has 0 spiro atoms. The highest BCUT2D eigenvalue weighted by atomic mass is 35.5. The maximum absolute atomic E-state index is 11.4. The molecule has 1 heterocycles. The lowest BCUT2D eigenvalue weighted by molar-refractivity contribution is -0.384. The van der Waals surface area contributed by atoms with Gasteiger partial charge in [0.2, 0.25) is 0 Å². The van der Waals surface area contributed by atoms with E-state index in [0.717, 1.165) is 22.4 Å². The first-order valence-electron chi connectivity index (χ1n) is 9.99. The first kappa shape index (κ1) is 22.0. The van der Waals surface area contributed by atoms with Crippen molar-refractivity contribution < 1.29 is 9.85 Å². The van der Waals surface area contributed by atoms with Crippen molar-refractivity contribution in [1.82, 2.24) is 0 Å². The standard InChI is InChI=1S/C23H19Cl2N3O4/c1-14-2-6-17(7-3-14)26-20(15-4-8-18(24)22(12-15)27(29)30)10-11-21(26)16-5-9-19(25)23(13-16)28(31)32/h2-9,12-13,20-21H,10-11H2,1H3/t20-,21?/m1/s1. The molecule has 9 heteroatoms. The fraction of sp³-hybridized carbons (Fsp3) is 0.217. The lowest BCUT2D eigenvalue weighted by Crippen LogP contribution is -2.26. The number of nitrogens with zero attached hydrogens (tertiary/aromatic N) is 3. The van der Waals surface area contributed by atoms with E-state index in [0.29, 0.717) is 12.8 Å². The summed E-state index contributed by atoms with van der Waals surface area (Å²) in [5.74, 6) is 0. The van der Waals surface area contributed by atoms with Crippen LogP contribution in [-0.4, -0.2) is 9.85 Å².